The molecule has 0 radical (unpaired) electrons. The number of hydrogen-bond donors (Lipinski definition) is 1. The van der Waals surface area contributed by atoms with Crippen molar-refractivity contribution in [1.82, 2.24) is 4.90 Å². The van der Waals surface area contributed by atoms with Gasteiger partial charge in [0.25, 0.3) is 0 Å². The Labute approximate surface area is 158 Å². The van der Waals surface area contributed by atoms with Crippen LogP contribution in [0.1, 0.15) is 43.2 Å². The van der Waals surface area contributed by atoms with Crippen molar-refractivity contribution < 1.29 is 23.0 Å². The predicted octanol–water partition coefficient (Wildman–Crippen LogP) is 4.06. The SMILES string of the molecule is Cl.O[C@@H]1CCN([C@H]2CCCC[C@@H]2OCCc2ccccc2C(F)(F)F)C1. The van der Waals surface area contributed by atoms with E-state index in [0.717, 1.165) is 44.7 Å². The number of benzene rings is 1. The van der Waals surface area contributed by atoms with Gasteiger partial charge in [0.05, 0.1) is 24.4 Å². The lowest BCUT2D eigenvalue weighted by atomic mass is 9.91. The summed E-state index contributed by atoms with van der Waals surface area (Å²) in [6.45, 7) is 1.86. The molecule has 3 atom stereocenters. The van der Waals surface area contributed by atoms with Gasteiger partial charge in [-0.2, -0.15) is 13.2 Å². The maximum absolute atomic E-state index is 13.1. The van der Waals surface area contributed by atoms with Crippen LogP contribution in [-0.4, -0.2) is 48.0 Å². The van der Waals surface area contributed by atoms with E-state index < -0.39 is 11.7 Å². The van der Waals surface area contributed by atoms with Gasteiger partial charge in [0.1, 0.15) is 0 Å². The predicted molar refractivity (Wildman–Crippen MR) is 96.6 cm³/mol. The maximum atomic E-state index is 13.1. The largest absolute Gasteiger partial charge is 0.416 e. The molecule has 0 spiro atoms. The van der Waals surface area contributed by atoms with Gasteiger partial charge in [0, 0.05) is 19.1 Å². The molecule has 0 amide bonds. The van der Waals surface area contributed by atoms with Crippen molar-refractivity contribution in [2.75, 3.05) is 19.7 Å². The molecule has 1 N–H and O–H groups in total. The number of aliphatic hydroxyl groups excluding tert-OH is 1. The summed E-state index contributed by atoms with van der Waals surface area (Å²) in [5.74, 6) is 0. The van der Waals surface area contributed by atoms with Gasteiger partial charge in [-0.05, 0) is 37.3 Å². The molecular formula is C19H27ClF3NO2. The second kappa shape index (κ2) is 9.40. The second-order valence-corrected chi connectivity index (χ2v) is 7.10. The molecule has 1 aliphatic heterocycles. The van der Waals surface area contributed by atoms with Crippen molar-refractivity contribution in [2.24, 2.45) is 0 Å². The minimum atomic E-state index is -4.32. The van der Waals surface area contributed by atoms with E-state index in [1.54, 1.807) is 6.07 Å². The van der Waals surface area contributed by atoms with Crippen molar-refractivity contribution in [3.05, 3.63) is 35.4 Å². The lowest BCUT2D eigenvalue weighted by Crippen LogP contribution is -2.46. The van der Waals surface area contributed by atoms with Crippen LogP contribution < -0.4 is 0 Å². The van der Waals surface area contributed by atoms with E-state index in [0.29, 0.717) is 18.7 Å². The van der Waals surface area contributed by atoms with Gasteiger partial charge in [-0.3, -0.25) is 4.90 Å². The number of nitrogens with zero attached hydrogens (tertiary/aromatic N) is 1. The molecule has 2 fully saturated rings. The van der Waals surface area contributed by atoms with E-state index in [2.05, 4.69) is 4.90 Å². The highest BCUT2D eigenvalue weighted by Crippen LogP contribution is 2.32. The highest BCUT2D eigenvalue weighted by atomic mass is 35.5. The Morgan fingerprint density at radius 2 is 1.85 bits per heavy atom. The third-order valence-electron chi connectivity index (χ3n) is 5.36. The molecule has 1 aliphatic carbocycles. The summed E-state index contributed by atoms with van der Waals surface area (Å²) in [6.07, 6.45) is 0.747. The highest BCUT2D eigenvalue weighted by Gasteiger charge is 2.35. The molecule has 2 aliphatic rings. The lowest BCUT2D eigenvalue weighted by molar-refractivity contribution is -0.138. The van der Waals surface area contributed by atoms with Crippen molar-refractivity contribution in [1.29, 1.82) is 0 Å². The minimum absolute atomic E-state index is 0. The minimum Gasteiger partial charge on any atom is -0.392 e. The first kappa shape index (κ1) is 21.5. The standard InChI is InChI=1S/C19H26F3NO2.ClH/c20-19(21,22)16-6-2-1-5-14(16)10-12-25-18-8-4-3-7-17(18)23-11-9-15(24)13-23;/h1-2,5-6,15,17-18,24H,3-4,7-13H2;1H/t15-,17+,18+;/m1./s1. The number of aliphatic hydroxyl groups is 1. The Morgan fingerprint density at radius 3 is 2.54 bits per heavy atom. The summed E-state index contributed by atoms with van der Waals surface area (Å²) in [5, 5.41) is 9.76. The summed E-state index contributed by atoms with van der Waals surface area (Å²) in [6, 6.07) is 6.00. The molecule has 3 rings (SSSR count). The molecule has 1 saturated carbocycles. The Hall–Kier alpha value is -0.820. The summed E-state index contributed by atoms with van der Waals surface area (Å²) >= 11 is 0. The second-order valence-electron chi connectivity index (χ2n) is 7.10. The first-order valence-electron chi connectivity index (χ1n) is 9.14. The van der Waals surface area contributed by atoms with Crippen LogP contribution in [-0.2, 0) is 17.3 Å². The Balaban J connectivity index is 0.00000243. The third kappa shape index (κ3) is 5.35. The average Bonchev–Trinajstić information content (AvgIpc) is 3.01. The zero-order valence-corrected chi connectivity index (χ0v) is 15.6. The van der Waals surface area contributed by atoms with Crippen molar-refractivity contribution >= 4 is 12.4 Å². The summed E-state index contributed by atoms with van der Waals surface area (Å²) in [4.78, 5) is 2.29. The molecule has 7 heteroatoms. The summed E-state index contributed by atoms with van der Waals surface area (Å²) < 4.78 is 45.2. The van der Waals surface area contributed by atoms with Gasteiger partial charge in [-0.15, -0.1) is 12.4 Å². The maximum Gasteiger partial charge on any atom is 0.416 e. The van der Waals surface area contributed by atoms with Gasteiger partial charge < -0.3 is 9.84 Å². The third-order valence-corrected chi connectivity index (χ3v) is 5.36. The molecule has 26 heavy (non-hydrogen) atoms. The van der Waals surface area contributed by atoms with Gasteiger partial charge in [-0.25, -0.2) is 0 Å². The van der Waals surface area contributed by atoms with E-state index in [1.807, 2.05) is 0 Å². The number of β-amino-alcohol motifs (C(OH)–C–C–N with tert-alkyl or cyclic N) is 1. The topological polar surface area (TPSA) is 32.7 Å². The first-order valence-corrected chi connectivity index (χ1v) is 9.14. The molecule has 1 saturated heterocycles. The molecule has 1 aromatic carbocycles. The molecule has 3 nitrogen and oxygen atoms in total. The molecule has 1 heterocycles. The zero-order chi connectivity index (χ0) is 17.9. The van der Waals surface area contributed by atoms with E-state index in [9.17, 15) is 18.3 Å². The van der Waals surface area contributed by atoms with Gasteiger partial charge in [-0.1, -0.05) is 31.0 Å². The van der Waals surface area contributed by atoms with Crippen LogP contribution in [0.15, 0.2) is 24.3 Å². The number of halogens is 4. The van der Waals surface area contributed by atoms with E-state index in [4.69, 9.17) is 4.74 Å². The van der Waals surface area contributed by atoms with Crippen molar-refractivity contribution in [2.45, 2.75) is 63.0 Å². The van der Waals surface area contributed by atoms with Gasteiger partial charge >= 0.3 is 6.18 Å². The number of hydrogen-bond acceptors (Lipinski definition) is 3. The van der Waals surface area contributed by atoms with Crippen LogP contribution in [0.3, 0.4) is 0 Å². The number of alkyl halides is 3. The normalized spacial score (nSPS) is 27.3. The van der Waals surface area contributed by atoms with Crippen LogP contribution in [0.2, 0.25) is 0 Å². The fourth-order valence-corrected chi connectivity index (χ4v) is 4.09. The molecule has 0 bridgehead atoms. The van der Waals surface area contributed by atoms with Crippen LogP contribution in [0.4, 0.5) is 13.2 Å². The summed E-state index contributed by atoms with van der Waals surface area (Å²) in [5.41, 5.74) is -0.277. The highest BCUT2D eigenvalue weighted by molar-refractivity contribution is 5.85. The number of rotatable bonds is 5. The average molecular weight is 394 g/mol. The number of likely N-dealkylation sites (tertiary alicyclic amines) is 1. The van der Waals surface area contributed by atoms with Gasteiger partial charge in [0.2, 0.25) is 0 Å². The lowest BCUT2D eigenvalue weighted by Gasteiger charge is -2.37. The number of ether oxygens (including phenoxy) is 1. The molecule has 0 aromatic heterocycles. The van der Waals surface area contributed by atoms with Gasteiger partial charge in [0.15, 0.2) is 0 Å². The molecule has 1 aromatic rings. The van der Waals surface area contributed by atoms with E-state index in [-0.39, 0.29) is 37.1 Å². The molecule has 0 unspecified atom stereocenters. The Morgan fingerprint density at radius 1 is 1.12 bits per heavy atom. The van der Waals surface area contributed by atoms with Crippen LogP contribution in [0, 0.1) is 0 Å². The first-order chi connectivity index (χ1) is 11.9. The smallest absolute Gasteiger partial charge is 0.392 e. The van der Waals surface area contributed by atoms with E-state index in [1.165, 1.54) is 12.1 Å². The monoisotopic (exact) mass is 393 g/mol. The fourth-order valence-electron chi connectivity index (χ4n) is 4.09. The van der Waals surface area contributed by atoms with E-state index >= 15 is 0 Å². The molecular weight excluding hydrogens is 367 g/mol. The zero-order valence-electron chi connectivity index (χ0n) is 14.8. The van der Waals surface area contributed by atoms with Crippen molar-refractivity contribution in [3.8, 4) is 0 Å². The fraction of sp³-hybridized carbons (Fsp3) is 0.684. The summed E-state index contributed by atoms with van der Waals surface area (Å²) in [7, 11) is 0. The quantitative estimate of drug-likeness (QED) is 0.818. The Kier molecular flexibility index (Phi) is 7.76. The van der Waals surface area contributed by atoms with Crippen LogP contribution in [0.5, 0.6) is 0 Å². The van der Waals surface area contributed by atoms with Crippen LogP contribution in [0.25, 0.3) is 0 Å². The van der Waals surface area contributed by atoms with Crippen molar-refractivity contribution in [3.63, 3.8) is 0 Å². The van der Waals surface area contributed by atoms with Crippen LogP contribution >= 0.6 is 12.4 Å². The Bertz CT molecular complexity index is 570. The molecule has 148 valence electrons.